The second-order valence-electron chi connectivity index (χ2n) is 7.63. The Kier molecular flexibility index (Phi) is 6.04. The molecule has 1 saturated carbocycles. The molecule has 0 saturated heterocycles. The molecule has 1 aliphatic rings. The predicted molar refractivity (Wildman–Crippen MR) is 120 cm³/mol. The molecule has 1 heterocycles. The number of carbonyl (C=O) groups excluding carboxylic acids is 1. The van der Waals surface area contributed by atoms with Gasteiger partial charge in [-0.3, -0.25) is 4.79 Å². The van der Waals surface area contributed by atoms with Gasteiger partial charge in [0.25, 0.3) is 5.91 Å². The largest absolute Gasteiger partial charge is 0.497 e. The van der Waals surface area contributed by atoms with E-state index in [0.717, 1.165) is 35.0 Å². The van der Waals surface area contributed by atoms with E-state index in [4.69, 9.17) is 9.47 Å². The molecule has 1 atom stereocenters. The van der Waals surface area contributed by atoms with E-state index in [2.05, 4.69) is 11.9 Å². The summed E-state index contributed by atoms with van der Waals surface area (Å²) < 4.78 is 11.2. The van der Waals surface area contributed by atoms with Crippen LogP contribution in [0.2, 0.25) is 0 Å². The van der Waals surface area contributed by atoms with Gasteiger partial charge in [0.1, 0.15) is 18.1 Å². The summed E-state index contributed by atoms with van der Waals surface area (Å²) in [6.45, 7) is 4.50. The number of carbonyl (C=O) groups is 1. The number of rotatable bonds is 8. The van der Waals surface area contributed by atoms with Crippen LogP contribution in [0.4, 0.5) is 5.69 Å². The highest BCUT2D eigenvalue weighted by Crippen LogP contribution is 2.38. The molecule has 4 rings (SSSR count). The van der Waals surface area contributed by atoms with Gasteiger partial charge in [-0.25, -0.2) is 4.98 Å². The van der Waals surface area contributed by atoms with Crippen molar-refractivity contribution in [2.45, 2.75) is 39.3 Å². The minimum Gasteiger partial charge on any atom is -0.497 e. The molecule has 0 spiro atoms. The number of hydrogen-bond donors (Lipinski definition) is 0. The average molecular weight is 423 g/mol. The molecule has 1 amide bonds. The van der Waals surface area contributed by atoms with Gasteiger partial charge in [0.2, 0.25) is 0 Å². The van der Waals surface area contributed by atoms with Crippen LogP contribution in [-0.2, 0) is 6.61 Å². The van der Waals surface area contributed by atoms with E-state index in [0.29, 0.717) is 23.8 Å². The minimum atomic E-state index is -0.0190. The second-order valence-corrected chi connectivity index (χ2v) is 8.69. The lowest BCUT2D eigenvalue weighted by atomic mass is 10.1. The summed E-state index contributed by atoms with van der Waals surface area (Å²) in [6, 6.07) is 15.2. The fraction of sp³-hybridized carbons (Fsp3) is 0.333. The summed E-state index contributed by atoms with van der Waals surface area (Å²) in [5, 5.41) is 3.01. The number of methoxy groups -OCH3 is 1. The van der Waals surface area contributed by atoms with Crippen molar-refractivity contribution in [1.82, 2.24) is 4.98 Å². The van der Waals surface area contributed by atoms with Crippen molar-refractivity contribution in [2.75, 3.05) is 12.0 Å². The zero-order chi connectivity index (χ0) is 21.1. The number of ether oxygens (including phenoxy) is 2. The fourth-order valence-corrected chi connectivity index (χ4v) is 4.16. The lowest BCUT2D eigenvalue weighted by Crippen LogP contribution is -2.40. The molecule has 1 aliphatic carbocycles. The summed E-state index contributed by atoms with van der Waals surface area (Å²) in [5.41, 5.74) is 2.39. The Balaban J connectivity index is 1.55. The van der Waals surface area contributed by atoms with Crippen molar-refractivity contribution in [3.63, 3.8) is 0 Å². The van der Waals surface area contributed by atoms with Gasteiger partial charge in [0.15, 0.2) is 0 Å². The highest BCUT2D eigenvalue weighted by atomic mass is 32.1. The number of hydrogen-bond acceptors (Lipinski definition) is 5. The number of aryl methyl sites for hydroxylation is 1. The van der Waals surface area contributed by atoms with Gasteiger partial charge in [-0.1, -0.05) is 6.07 Å². The Morgan fingerprint density at radius 3 is 2.60 bits per heavy atom. The van der Waals surface area contributed by atoms with E-state index >= 15 is 0 Å². The van der Waals surface area contributed by atoms with Crippen LogP contribution in [0.15, 0.2) is 53.9 Å². The monoisotopic (exact) mass is 422 g/mol. The average Bonchev–Trinajstić information content (AvgIpc) is 3.54. The molecule has 0 N–H and O–H groups in total. The first-order valence-electron chi connectivity index (χ1n) is 10.2. The van der Waals surface area contributed by atoms with Crippen LogP contribution in [0, 0.1) is 12.8 Å². The van der Waals surface area contributed by atoms with E-state index in [1.807, 2.05) is 65.7 Å². The first-order chi connectivity index (χ1) is 14.5. The third-order valence-corrected chi connectivity index (χ3v) is 6.24. The second kappa shape index (κ2) is 8.88. The van der Waals surface area contributed by atoms with Gasteiger partial charge in [-0.2, -0.15) is 0 Å². The number of thiazole rings is 1. The molecular weight excluding hydrogens is 396 g/mol. The molecule has 3 aromatic rings. The Bertz CT molecular complexity index is 1010. The standard InChI is InChI=1S/C24H26N2O3S/c1-16(18-7-8-18)26(21-9-11-22(28-3)12-10-21)24(27)19-5-4-6-23(13-19)29-14-20-15-30-17(2)25-20/h4-6,9-13,15-16,18H,7-8,14H2,1-3H3. The number of benzene rings is 2. The van der Waals surface area contributed by atoms with Gasteiger partial charge in [0, 0.05) is 22.7 Å². The third-order valence-electron chi connectivity index (χ3n) is 5.42. The maximum atomic E-state index is 13.5. The van der Waals surface area contributed by atoms with Crippen molar-refractivity contribution >= 4 is 22.9 Å². The molecule has 0 aliphatic heterocycles. The van der Waals surface area contributed by atoms with Crippen LogP contribution < -0.4 is 14.4 Å². The van der Waals surface area contributed by atoms with Crippen molar-refractivity contribution in [2.24, 2.45) is 5.92 Å². The van der Waals surface area contributed by atoms with E-state index < -0.39 is 0 Å². The number of aromatic nitrogens is 1. The smallest absolute Gasteiger partial charge is 0.258 e. The van der Waals surface area contributed by atoms with Crippen LogP contribution in [0.5, 0.6) is 11.5 Å². The highest BCUT2D eigenvalue weighted by molar-refractivity contribution is 7.09. The van der Waals surface area contributed by atoms with Crippen molar-refractivity contribution in [3.8, 4) is 11.5 Å². The maximum absolute atomic E-state index is 13.5. The van der Waals surface area contributed by atoms with E-state index in [1.165, 1.54) is 0 Å². The summed E-state index contributed by atoms with van der Waals surface area (Å²) in [7, 11) is 1.64. The van der Waals surface area contributed by atoms with E-state index in [-0.39, 0.29) is 11.9 Å². The molecule has 0 radical (unpaired) electrons. The summed E-state index contributed by atoms with van der Waals surface area (Å²) >= 11 is 1.60. The fourth-order valence-electron chi connectivity index (χ4n) is 3.56. The topological polar surface area (TPSA) is 51.7 Å². The first kappa shape index (κ1) is 20.4. The Morgan fingerprint density at radius 2 is 1.97 bits per heavy atom. The summed E-state index contributed by atoms with van der Waals surface area (Å²) in [4.78, 5) is 19.9. The van der Waals surface area contributed by atoms with Crippen LogP contribution in [0.25, 0.3) is 0 Å². The van der Waals surface area contributed by atoms with Crippen molar-refractivity contribution in [1.29, 1.82) is 0 Å². The highest BCUT2D eigenvalue weighted by Gasteiger charge is 2.35. The number of nitrogens with zero attached hydrogens (tertiary/aromatic N) is 2. The van der Waals surface area contributed by atoms with Gasteiger partial charge >= 0.3 is 0 Å². The van der Waals surface area contributed by atoms with Crippen LogP contribution in [-0.4, -0.2) is 24.0 Å². The summed E-state index contributed by atoms with van der Waals surface area (Å²) in [6.07, 6.45) is 2.33. The molecular formula is C24H26N2O3S. The molecule has 2 aromatic carbocycles. The third kappa shape index (κ3) is 4.65. The first-order valence-corrected chi connectivity index (χ1v) is 11.0. The van der Waals surface area contributed by atoms with Crippen LogP contribution in [0.1, 0.15) is 40.8 Å². The van der Waals surface area contributed by atoms with Crippen LogP contribution in [0.3, 0.4) is 0 Å². The molecule has 0 bridgehead atoms. The van der Waals surface area contributed by atoms with E-state index in [9.17, 15) is 4.79 Å². The van der Waals surface area contributed by atoms with Gasteiger partial charge in [-0.05, 0) is 75.1 Å². The summed E-state index contributed by atoms with van der Waals surface area (Å²) in [5.74, 6) is 1.97. The molecule has 156 valence electrons. The SMILES string of the molecule is COc1ccc(N(C(=O)c2cccc(OCc3csc(C)n3)c2)C(C)C2CC2)cc1. The number of amides is 1. The van der Waals surface area contributed by atoms with Crippen molar-refractivity contribution < 1.29 is 14.3 Å². The molecule has 30 heavy (non-hydrogen) atoms. The van der Waals surface area contributed by atoms with Gasteiger partial charge in [-0.15, -0.1) is 11.3 Å². The molecule has 5 nitrogen and oxygen atoms in total. The zero-order valence-electron chi connectivity index (χ0n) is 17.5. The van der Waals surface area contributed by atoms with Crippen molar-refractivity contribution in [3.05, 3.63) is 70.2 Å². The normalized spacial score (nSPS) is 14.2. The molecule has 1 aromatic heterocycles. The lowest BCUT2D eigenvalue weighted by molar-refractivity contribution is 0.0975. The quantitative estimate of drug-likeness (QED) is 0.482. The Labute approximate surface area is 181 Å². The predicted octanol–water partition coefficient (Wildman–Crippen LogP) is 5.48. The molecule has 6 heteroatoms. The minimum absolute atomic E-state index is 0.0190. The Morgan fingerprint density at radius 1 is 1.20 bits per heavy atom. The van der Waals surface area contributed by atoms with E-state index in [1.54, 1.807) is 18.4 Å². The Hall–Kier alpha value is -2.86. The molecule has 1 unspecified atom stereocenters. The van der Waals surface area contributed by atoms with Gasteiger partial charge < -0.3 is 14.4 Å². The van der Waals surface area contributed by atoms with Gasteiger partial charge in [0.05, 0.1) is 17.8 Å². The van der Waals surface area contributed by atoms with Crippen LogP contribution >= 0.6 is 11.3 Å². The lowest BCUT2D eigenvalue weighted by Gasteiger charge is -2.30. The number of anilines is 1. The maximum Gasteiger partial charge on any atom is 0.258 e. The zero-order valence-corrected chi connectivity index (χ0v) is 18.3. The molecule has 1 fully saturated rings.